The predicted octanol–water partition coefficient (Wildman–Crippen LogP) is 3.03. The van der Waals surface area contributed by atoms with Crippen LogP contribution >= 0.6 is 0 Å². The molecule has 1 saturated carbocycles. The van der Waals surface area contributed by atoms with E-state index in [0.29, 0.717) is 6.04 Å². The normalized spacial score (nSPS) is 19.7. The molecule has 0 spiro atoms. The summed E-state index contributed by atoms with van der Waals surface area (Å²) in [5.74, 6) is 0.896. The quantitative estimate of drug-likeness (QED) is 0.663. The van der Waals surface area contributed by atoms with Gasteiger partial charge in [0.2, 0.25) is 0 Å². The number of nitrogens with two attached hydrogens (primary N) is 1. The Morgan fingerprint density at radius 2 is 1.95 bits per heavy atom. The van der Waals surface area contributed by atoms with Gasteiger partial charge >= 0.3 is 0 Å². The lowest BCUT2D eigenvalue weighted by atomic mass is 9.75. The lowest BCUT2D eigenvalue weighted by Crippen LogP contribution is -2.57. The summed E-state index contributed by atoms with van der Waals surface area (Å²) in [5, 5.41) is 0. The van der Waals surface area contributed by atoms with Gasteiger partial charge in [0.25, 0.3) is 0 Å². The van der Waals surface area contributed by atoms with Crippen molar-refractivity contribution in [3.05, 3.63) is 0 Å². The first-order valence-electron chi connectivity index (χ1n) is 8.07. The van der Waals surface area contributed by atoms with Gasteiger partial charge in [0.15, 0.2) is 0 Å². The zero-order valence-electron chi connectivity index (χ0n) is 13.5. The van der Waals surface area contributed by atoms with E-state index in [1.165, 1.54) is 38.5 Å². The second-order valence-electron chi connectivity index (χ2n) is 6.36. The molecule has 1 rings (SSSR count). The van der Waals surface area contributed by atoms with E-state index in [0.717, 1.165) is 25.6 Å². The first-order chi connectivity index (χ1) is 9.11. The van der Waals surface area contributed by atoms with Crippen LogP contribution in [0.1, 0.15) is 59.3 Å². The summed E-state index contributed by atoms with van der Waals surface area (Å²) >= 11 is 0. The molecule has 0 heterocycles. The third-order valence-corrected chi connectivity index (χ3v) is 5.01. The van der Waals surface area contributed by atoms with Crippen LogP contribution in [0.3, 0.4) is 0 Å². The van der Waals surface area contributed by atoms with E-state index in [2.05, 4.69) is 25.7 Å². The Labute approximate surface area is 119 Å². The zero-order chi connectivity index (χ0) is 14.3. The molecule has 3 nitrogen and oxygen atoms in total. The fourth-order valence-corrected chi connectivity index (χ4v) is 3.45. The van der Waals surface area contributed by atoms with E-state index < -0.39 is 0 Å². The van der Waals surface area contributed by atoms with Gasteiger partial charge in [-0.1, -0.05) is 33.1 Å². The van der Waals surface area contributed by atoms with Gasteiger partial charge in [-0.05, 0) is 32.1 Å². The van der Waals surface area contributed by atoms with Crippen LogP contribution in [0.25, 0.3) is 0 Å². The molecular weight excluding hydrogens is 236 g/mol. The number of hydrogen-bond donors (Lipinski definition) is 1. The van der Waals surface area contributed by atoms with Gasteiger partial charge in [-0.3, -0.25) is 4.90 Å². The van der Waals surface area contributed by atoms with Crippen LogP contribution in [0.2, 0.25) is 0 Å². The topological polar surface area (TPSA) is 38.5 Å². The Kier molecular flexibility index (Phi) is 7.33. The molecule has 0 aliphatic heterocycles. The molecule has 0 amide bonds. The van der Waals surface area contributed by atoms with Gasteiger partial charge in [-0.25, -0.2) is 0 Å². The van der Waals surface area contributed by atoms with Gasteiger partial charge in [0, 0.05) is 31.8 Å². The molecule has 1 unspecified atom stereocenters. The number of ether oxygens (including phenoxy) is 1. The summed E-state index contributed by atoms with van der Waals surface area (Å²) in [6.07, 6.45) is 7.85. The maximum absolute atomic E-state index is 6.17. The molecule has 114 valence electrons. The number of rotatable bonds is 10. The average molecular weight is 270 g/mol. The Morgan fingerprint density at radius 1 is 1.32 bits per heavy atom. The molecule has 1 fully saturated rings. The standard InChI is InChI=1S/C16H34N2O/c1-5-15(6-2)18(10-11-19-4)16(3,13-17)12-14-8-7-9-14/h14-15H,5-13,17H2,1-4H3. The van der Waals surface area contributed by atoms with Gasteiger partial charge in [0.1, 0.15) is 0 Å². The van der Waals surface area contributed by atoms with Crippen LogP contribution in [0, 0.1) is 5.92 Å². The van der Waals surface area contributed by atoms with Crippen LogP contribution in [0.15, 0.2) is 0 Å². The Balaban J connectivity index is 2.75. The van der Waals surface area contributed by atoms with Crippen LogP contribution in [0.5, 0.6) is 0 Å². The van der Waals surface area contributed by atoms with Crippen molar-refractivity contribution in [3.63, 3.8) is 0 Å². The van der Waals surface area contributed by atoms with Crippen LogP contribution in [0.4, 0.5) is 0 Å². The summed E-state index contributed by atoms with van der Waals surface area (Å²) in [6.45, 7) is 9.49. The number of methoxy groups -OCH3 is 1. The minimum Gasteiger partial charge on any atom is -0.383 e. The highest BCUT2D eigenvalue weighted by Gasteiger charge is 2.37. The first-order valence-corrected chi connectivity index (χ1v) is 8.07. The minimum atomic E-state index is 0.139. The maximum atomic E-state index is 6.17. The van der Waals surface area contributed by atoms with Crippen molar-refractivity contribution in [1.29, 1.82) is 0 Å². The molecule has 0 bridgehead atoms. The zero-order valence-corrected chi connectivity index (χ0v) is 13.5. The monoisotopic (exact) mass is 270 g/mol. The van der Waals surface area contributed by atoms with E-state index in [4.69, 9.17) is 10.5 Å². The fourth-order valence-electron chi connectivity index (χ4n) is 3.45. The number of nitrogens with zero attached hydrogens (tertiary/aromatic N) is 1. The number of hydrogen-bond acceptors (Lipinski definition) is 3. The Morgan fingerprint density at radius 3 is 2.32 bits per heavy atom. The van der Waals surface area contributed by atoms with Crippen molar-refractivity contribution in [2.75, 3.05) is 26.8 Å². The Hall–Kier alpha value is -0.120. The molecule has 0 radical (unpaired) electrons. The fraction of sp³-hybridized carbons (Fsp3) is 1.00. The van der Waals surface area contributed by atoms with E-state index >= 15 is 0 Å². The summed E-state index contributed by atoms with van der Waals surface area (Å²) in [4.78, 5) is 2.63. The summed E-state index contributed by atoms with van der Waals surface area (Å²) in [6, 6.07) is 0.628. The maximum Gasteiger partial charge on any atom is 0.0590 e. The molecule has 2 N–H and O–H groups in total. The molecule has 1 aliphatic rings. The predicted molar refractivity (Wildman–Crippen MR) is 82.4 cm³/mol. The Bertz CT molecular complexity index is 239. The largest absolute Gasteiger partial charge is 0.383 e. The molecule has 0 aromatic carbocycles. The van der Waals surface area contributed by atoms with E-state index in [-0.39, 0.29) is 5.54 Å². The minimum absolute atomic E-state index is 0.139. The summed E-state index contributed by atoms with van der Waals surface area (Å²) in [7, 11) is 1.79. The molecule has 1 atom stereocenters. The van der Waals surface area contributed by atoms with Crippen molar-refractivity contribution < 1.29 is 4.74 Å². The van der Waals surface area contributed by atoms with Crippen LogP contribution in [-0.2, 0) is 4.74 Å². The lowest BCUT2D eigenvalue weighted by molar-refractivity contribution is 0.00758. The smallest absolute Gasteiger partial charge is 0.0590 e. The summed E-state index contributed by atoms with van der Waals surface area (Å²) < 4.78 is 5.31. The second-order valence-corrected chi connectivity index (χ2v) is 6.36. The van der Waals surface area contributed by atoms with E-state index in [1.54, 1.807) is 7.11 Å². The summed E-state index contributed by atoms with van der Waals surface area (Å²) in [5.41, 5.74) is 6.31. The third-order valence-electron chi connectivity index (χ3n) is 5.01. The van der Waals surface area contributed by atoms with Gasteiger partial charge in [0.05, 0.1) is 6.61 Å². The molecule has 1 aliphatic carbocycles. The molecule has 0 aromatic rings. The van der Waals surface area contributed by atoms with Crippen molar-refractivity contribution in [3.8, 4) is 0 Å². The van der Waals surface area contributed by atoms with Crippen LogP contribution in [-0.4, -0.2) is 43.3 Å². The highest BCUT2D eigenvalue weighted by Crippen LogP contribution is 2.37. The van der Waals surface area contributed by atoms with Gasteiger partial charge in [-0.2, -0.15) is 0 Å². The van der Waals surface area contributed by atoms with Crippen molar-refractivity contribution >= 4 is 0 Å². The van der Waals surface area contributed by atoms with Gasteiger partial charge < -0.3 is 10.5 Å². The molecule has 19 heavy (non-hydrogen) atoms. The van der Waals surface area contributed by atoms with Crippen LogP contribution < -0.4 is 5.73 Å². The molecule has 0 saturated heterocycles. The van der Waals surface area contributed by atoms with Gasteiger partial charge in [-0.15, -0.1) is 0 Å². The molecule has 0 aromatic heterocycles. The second kappa shape index (κ2) is 8.23. The van der Waals surface area contributed by atoms with Crippen molar-refractivity contribution in [2.45, 2.75) is 70.9 Å². The lowest BCUT2D eigenvalue weighted by Gasteiger charge is -2.48. The van der Waals surface area contributed by atoms with E-state index in [9.17, 15) is 0 Å². The highest BCUT2D eigenvalue weighted by atomic mass is 16.5. The third kappa shape index (κ3) is 4.44. The first kappa shape index (κ1) is 16.9. The molecule has 3 heteroatoms. The van der Waals surface area contributed by atoms with Crippen molar-refractivity contribution in [2.24, 2.45) is 11.7 Å². The molecular formula is C16H34N2O. The highest BCUT2D eigenvalue weighted by molar-refractivity contribution is 4.94. The van der Waals surface area contributed by atoms with E-state index in [1.807, 2.05) is 0 Å². The SMILES string of the molecule is CCC(CC)N(CCOC)C(C)(CN)CC1CCC1. The average Bonchev–Trinajstić information content (AvgIpc) is 2.38. The van der Waals surface area contributed by atoms with Crippen molar-refractivity contribution in [1.82, 2.24) is 4.90 Å².